The number of benzene rings is 1. The molecule has 0 amide bonds. The number of piperidine rings is 1. The third-order valence-corrected chi connectivity index (χ3v) is 5.48. The molecular formula is C23H25N7O. The lowest BCUT2D eigenvalue weighted by Gasteiger charge is -2.23. The van der Waals surface area contributed by atoms with E-state index in [9.17, 15) is 0 Å². The van der Waals surface area contributed by atoms with Crippen molar-refractivity contribution in [1.29, 1.82) is 0 Å². The van der Waals surface area contributed by atoms with Crippen LogP contribution in [-0.2, 0) is 0 Å². The maximum atomic E-state index is 6.04. The van der Waals surface area contributed by atoms with E-state index in [1.54, 1.807) is 12.4 Å². The van der Waals surface area contributed by atoms with E-state index >= 15 is 0 Å². The summed E-state index contributed by atoms with van der Waals surface area (Å²) >= 11 is 0. The lowest BCUT2D eigenvalue weighted by Crippen LogP contribution is -2.37. The molecule has 31 heavy (non-hydrogen) atoms. The molecule has 0 saturated carbocycles. The molecule has 3 aromatic heterocycles. The molecule has 158 valence electrons. The van der Waals surface area contributed by atoms with Crippen LogP contribution < -0.4 is 10.1 Å². The van der Waals surface area contributed by atoms with Gasteiger partial charge >= 0.3 is 0 Å². The minimum Gasteiger partial charge on any atom is -0.472 e. The quantitative estimate of drug-likeness (QED) is 0.512. The average molecular weight is 416 g/mol. The van der Waals surface area contributed by atoms with Crippen LogP contribution in [0, 0.1) is 0 Å². The zero-order valence-corrected chi connectivity index (χ0v) is 17.7. The molecule has 0 spiro atoms. The normalized spacial score (nSPS) is 16.7. The summed E-state index contributed by atoms with van der Waals surface area (Å²) in [5.74, 6) is 1.56. The lowest BCUT2D eigenvalue weighted by molar-refractivity contribution is 0.160. The van der Waals surface area contributed by atoms with E-state index in [0.29, 0.717) is 23.3 Å². The van der Waals surface area contributed by atoms with E-state index in [1.807, 2.05) is 30.5 Å². The fourth-order valence-corrected chi connectivity index (χ4v) is 3.79. The van der Waals surface area contributed by atoms with Crippen LogP contribution >= 0.6 is 0 Å². The van der Waals surface area contributed by atoms with E-state index in [2.05, 4.69) is 44.3 Å². The van der Waals surface area contributed by atoms with Crippen LogP contribution in [-0.4, -0.2) is 49.3 Å². The maximum absolute atomic E-state index is 6.04. The van der Waals surface area contributed by atoms with Crippen LogP contribution in [0.25, 0.3) is 33.7 Å². The maximum Gasteiger partial charge on any atom is 0.233 e. The van der Waals surface area contributed by atoms with Crippen molar-refractivity contribution in [3.05, 3.63) is 48.5 Å². The number of fused-ring (bicyclic) bond motifs is 1. The molecule has 0 unspecified atom stereocenters. The summed E-state index contributed by atoms with van der Waals surface area (Å²) in [6, 6.07) is 8.01. The van der Waals surface area contributed by atoms with Gasteiger partial charge in [0.15, 0.2) is 5.82 Å². The number of aromatic amines is 1. The van der Waals surface area contributed by atoms with Crippen LogP contribution in [0.4, 0.5) is 0 Å². The first kappa shape index (κ1) is 19.6. The number of aromatic nitrogens is 6. The highest BCUT2D eigenvalue weighted by molar-refractivity contribution is 5.94. The molecule has 2 N–H and O–H groups in total. The smallest absolute Gasteiger partial charge is 0.233 e. The fourth-order valence-electron chi connectivity index (χ4n) is 3.79. The highest BCUT2D eigenvalue weighted by Crippen LogP contribution is 2.29. The van der Waals surface area contributed by atoms with Crippen LogP contribution in [0.1, 0.15) is 38.3 Å². The van der Waals surface area contributed by atoms with Crippen molar-refractivity contribution in [2.24, 2.45) is 0 Å². The zero-order valence-electron chi connectivity index (χ0n) is 17.7. The number of nitrogens with one attached hydrogen (secondary N) is 2. The van der Waals surface area contributed by atoms with Gasteiger partial charge in [0.25, 0.3) is 0 Å². The minimum atomic E-state index is 0.117. The standard InChI is InChI=1S/C23H25N7O/c1-14(2)18-7-9-26-23(28-18)15-5-6-19-17(10-15)22(30-29-19)20-12-25-13-21(27-20)31-16-4-3-8-24-11-16/h5-7,9-10,12-14,16,24H,3-4,8,11H2,1-2H3,(H,29,30)/t16-/m1/s1. The van der Waals surface area contributed by atoms with Gasteiger partial charge in [0, 0.05) is 29.4 Å². The lowest BCUT2D eigenvalue weighted by atomic mass is 10.1. The van der Waals surface area contributed by atoms with Gasteiger partial charge in [0.2, 0.25) is 5.88 Å². The summed E-state index contributed by atoms with van der Waals surface area (Å²) in [7, 11) is 0. The number of ether oxygens (including phenoxy) is 1. The number of H-pyrrole nitrogens is 1. The molecule has 0 aliphatic carbocycles. The minimum absolute atomic E-state index is 0.117. The molecule has 0 radical (unpaired) electrons. The van der Waals surface area contributed by atoms with Gasteiger partial charge in [-0.1, -0.05) is 13.8 Å². The first-order valence-corrected chi connectivity index (χ1v) is 10.7. The summed E-state index contributed by atoms with van der Waals surface area (Å²) in [5.41, 5.74) is 4.28. The number of rotatable bonds is 5. The fraction of sp³-hybridized carbons (Fsp3) is 0.348. The van der Waals surface area contributed by atoms with Crippen molar-refractivity contribution in [2.75, 3.05) is 13.1 Å². The number of hydrogen-bond acceptors (Lipinski definition) is 7. The first-order valence-electron chi connectivity index (χ1n) is 10.7. The van der Waals surface area contributed by atoms with Crippen molar-refractivity contribution in [2.45, 2.75) is 38.7 Å². The molecule has 8 nitrogen and oxygen atoms in total. The van der Waals surface area contributed by atoms with Crippen molar-refractivity contribution in [3.8, 4) is 28.7 Å². The van der Waals surface area contributed by atoms with Crippen LogP contribution in [0.5, 0.6) is 5.88 Å². The Morgan fingerprint density at radius 3 is 2.90 bits per heavy atom. The predicted molar refractivity (Wildman–Crippen MR) is 119 cm³/mol. The number of nitrogens with zero attached hydrogens (tertiary/aromatic N) is 5. The van der Waals surface area contributed by atoms with Gasteiger partial charge in [-0.15, -0.1) is 0 Å². The Morgan fingerprint density at radius 2 is 2.06 bits per heavy atom. The van der Waals surface area contributed by atoms with Crippen LogP contribution in [0.3, 0.4) is 0 Å². The Bertz CT molecular complexity index is 1200. The zero-order chi connectivity index (χ0) is 21.2. The highest BCUT2D eigenvalue weighted by atomic mass is 16.5. The van der Waals surface area contributed by atoms with Gasteiger partial charge < -0.3 is 10.1 Å². The molecule has 5 rings (SSSR count). The molecule has 8 heteroatoms. The summed E-state index contributed by atoms with van der Waals surface area (Å²) in [6.07, 6.45) is 7.41. The second-order valence-corrected chi connectivity index (χ2v) is 8.12. The summed E-state index contributed by atoms with van der Waals surface area (Å²) in [5, 5.41) is 11.9. The molecule has 4 heterocycles. The molecule has 1 aliphatic heterocycles. The third kappa shape index (κ3) is 4.11. The summed E-state index contributed by atoms with van der Waals surface area (Å²) in [4.78, 5) is 18.2. The van der Waals surface area contributed by atoms with Crippen LogP contribution in [0.15, 0.2) is 42.9 Å². The summed E-state index contributed by atoms with van der Waals surface area (Å²) in [6.45, 7) is 6.12. The Labute approximate surface area is 180 Å². The molecule has 1 atom stereocenters. The monoisotopic (exact) mass is 415 g/mol. The van der Waals surface area contributed by atoms with Crippen molar-refractivity contribution in [1.82, 2.24) is 35.5 Å². The molecule has 4 aromatic rings. The van der Waals surface area contributed by atoms with Gasteiger partial charge in [-0.3, -0.25) is 10.1 Å². The Balaban J connectivity index is 1.49. The molecule has 1 aromatic carbocycles. The van der Waals surface area contributed by atoms with Gasteiger partial charge in [-0.25, -0.2) is 15.0 Å². The third-order valence-electron chi connectivity index (χ3n) is 5.48. The first-order chi connectivity index (χ1) is 15.2. The van der Waals surface area contributed by atoms with Gasteiger partial charge in [0.1, 0.15) is 17.5 Å². The van der Waals surface area contributed by atoms with E-state index in [4.69, 9.17) is 9.72 Å². The SMILES string of the molecule is CC(C)c1ccnc(-c2ccc3[nH]nc(-c4cncc(O[C@@H]5CCCNC5)n4)c3c2)n1. The van der Waals surface area contributed by atoms with Crippen LogP contribution in [0.2, 0.25) is 0 Å². The Morgan fingerprint density at radius 1 is 1.13 bits per heavy atom. The van der Waals surface area contributed by atoms with E-state index in [-0.39, 0.29) is 6.10 Å². The van der Waals surface area contributed by atoms with E-state index in [0.717, 1.165) is 53.8 Å². The Kier molecular flexibility index (Phi) is 5.30. The average Bonchev–Trinajstić information content (AvgIpc) is 3.23. The Hall–Kier alpha value is -3.39. The van der Waals surface area contributed by atoms with E-state index in [1.165, 1.54) is 0 Å². The molecular weight excluding hydrogens is 390 g/mol. The van der Waals surface area contributed by atoms with E-state index < -0.39 is 0 Å². The topological polar surface area (TPSA) is 102 Å². The molecule has 1 saturated heterocycles. The predicted octanol–water partition coefficient (Wildman–Crippen LogP) is 3.73. The summed E-state index contributed by atoms with van der Waals surface area (Å²) < 4.78 is 6.04. The largest absolute Gasteiger partial charge is 0.472 e. The molecule has 0 bridgehead atoms. The number of hydrogen-bond donors (Lipinski definition) is 2. The van der Waals surface area contributed by atoms with Gasteiger partial charge in [-0.05, 0) is 49.6 Å². The van der Waals surface area contributed by atoms with Crippen molar-refractivity contribution >= 4 is 10.9 Å². The molecule has 1 fully saturated rings. The molecule has 1 aliphatic rings. The highest BCUT2D eigenvalue weighted by Gasteiger charge is 2.17. The van der Waals surface area contributed by atoms with Gasteiger partial charge in [0.05, 0.1) is 17.9 Å². The second kappa shape index (κ2) is 8.39. The van der Waals surface area contributed by atoms with Crippen molar-refractivity contribution < 1.29 is 4.74 Å². The van der Waals surface area contributed by atoms with Gasteiger partial charge in [-0.2, -0.15) is 5.10 Å². The van der Waals surface area contributed by atoms with Crippen molar-refractivity contribution in [3.63, 3.8) is 0 Å². The second-order valence-electron chi connectivity index (χ2n) is 8.12.